The van der Waals surface area contributed by atoms with E-state index in [-0.39, 0.29) is 0 Å². The molecular formula is C22H27N3O2. The monoisotopic (exact) mass is 365 g/mol. The number of nitrogens with zero attached hydrogens (tertiary/aromatic N) is 1. The molecule has 0 aromatic heterocycles. The lowest BCUT2D eigenvalue weighted by Crippen LogP contribution is -2.30. The first kappa shape index (κ1) is 18.2. The van der Waals surface area contributed by atoms with Crippen molar-refractivity contribution < 1.29 is 10.0 Å². The first-order valence-electron chi connectivity index (χ1n) is 9.81. The van der Waals surface area contributed by atoms with Gasteiger partial charge in [-0.3, -0.25) is 14.9 Å². The molecule has 2 aromatic rings. The van der Waals surface area contributed by atoms with Gasteiger partial charge in [-0.1, -0.05) is 30.3 Å². The van der Waals surface area contributed by atoms with Crippen LogP contribution in [0.15, 0.2) is 42.5 Å². The van der Waals surface area contributed by atoms with E-state index in [1.807, 2.05) is 12.1 Å². The number of piperidine rings is 1. The highest BCUT2D eigenvalue weighted by Crippen LogP contribution is 2.26. The van der Waals surface area contributed by atoms with Gasteiger partial charge in [-0.2, -0.15) is 0 Å². The van der Waals surface area contributed by atoms with Gasteiger partial charge in [-0.05, 0) is 72.7 Å². The van der Waals surface area contributed by atoms with Crippen molar-refractivity contribution in [2.75, 3.05) is 19.6 Å². The van der Waals surface area contributed by atoms with Crippen LogP contribution in [-0.4, -0.2) is 35.6 Å². The van der Waals surface area contributed by atoms with E-state index in [1.165, 1.54) is 35.1 Å². The van der Waals surface area contributed by atoms with E-state index in [1.54, 1.807) is 11.5 Å². The van der Waals surface area contributed by atoms with Crippen LogP contribution in [0.4, 0.5) is 0 Å². The van der Waals surface area contributed by atoms with Crippen molar-refractivity contribution in [1.82, 2.24) is 15.7 Å². The molecule has 27 heavy (non-hydrogen) atoms. The molecule has 0 spiro atoms. The van der Waals surface area contributed by atoms with Crippen molar-refractivity contribution in [2.24, 2.45) is 0 Å². The SMILES string of the molecule is O=C(NO)c1ccc2c(c1)CCN(Cc1ccc(C3CCNCC3)cc1)C2. The van der Waals surface area contributed by atoms with Crippen molar-refractivity contribution in [1.29, 1.82) is 0 Å². The Balaban J connectivity index is 1.39. The molecule has 0 unspecified atom stereocenters. The minimum absolute atomic E-state index is 0.450. The summed E-state index contributed by atoms with van der Waals surface area (Å²) in [5, 5.41) is 12.2. The Bertz CT molecular complexity index is 798. The Morgan fingerprint density at radius 2 is 1.89 bits per heavy atom. The molecule has 4 rings (SSSR count). The lowest BCUT2D eigenvalue weighted by Gasteiger charge is -2.29. The second-order valence-electron chi connectivity index (χ2n) is 7.65. The van der Waals surface area contributed by atoms with Gasteiger partial charge < -0.3 is 5.32 Å². The van der Waals surface area contributed by atoms with Gasteiger partial charge in [-0.25, -0.2) is 5.48 Å². The maximum absolute atomic E-state index is 11.6. The van der Waals surface area contributed by atoms with E-state index in [0.717, 1.165) is 39.1 Å². The number of rotatable bonds is 4. The zero-order valence-electron chi connectivity index (χ0n) is 15.6. The summed E-state index contributed by atoms with van der Waals surface area (Å²) < 4.78 is 0. The van der Waals surface area contributed by atoms with E-state index >= 15 is 0 Å². The lowest BCUT2D eigenvalue weighted by molar-refractivity contribution is 0.0706. The second kappa shape index (κ2) is 8.21. The Kier molecular flexibility index (Phi) is 5.53. The van der Waals surface area contributed by atoms with Crippen LogP contribution < -0.4 is 10.8 Å². The highest BCUT2D eigenvalue weighted by Gasteiger charge is 2.19. The Labute approximate surface area is 160 Å². The summed E-state index contributed by atoms with van der Waals surface area (Å²) in [4.78, 5) is 14.0. The van der Waals surface area contributed by atoms with Gasteiger partial charge in [0.1, 0.15) is 0 Å². The van der Waals surface area contributed by atoms with Crippen molar-refractivity contribution >= 4 is 5.91 Å². The van der Waals surface area contributed by atoms with Crippen LogP contribution in [0.5, 0.6) is 0 Å². The first-order chi connectivity index (χ1) is 13.2. The highest BCUT2D eigenvalue weighted by molar-refractivity contribution is 5.93. The number of hydrogen-bond acceptors (Lipinski definition) is 4. The predicted molar refractivity (Wildman–Crippen MR) is 105 cm³/mol. The van der Waals surface area contributed by atoms with Gasteiger partial charge in [0.05, 0.1) is 0 Å². The van der Waals surface area contributed by atoms with Gasteiger partial charge in [0, 0.05) is 25.2 Å². The normalized spacial score (nSPS) is 18.1. The number of nitrogens with one attached hydrogen (secondary N) is 2. The van der Waals surface area contributed by atoms with Crippen LogP contribution in [0.2, 0.25) is 0 Å². The molecule has 3 N–H and O–H groups in total. The van der Waals surface area contributed by atoms with E-state index in [2.05, 4.69) is 34.5 Å². The zero-order chi connectivity index (χ0) is 18.6. The summed E-state index contributed by atoms with van der Waals surface area (Å²) in [6.45, 7) is 5.08. The van der Waals surface area contributed by atoms with Crippen LogP contribution in [0.25, 0.3) is 0 Å². The maximum Gasteiger partial charge on any atom is 0.274 e. The molecule has 0 saturated carbocycles. The number of amides is 1. The van der Waals surface area contributed by atoms with Crippen LogP contribution in [0.3, 0.4) is 0 Å². The van der Waals surface area contributed by atoms with Gasteiger partial charge in [0.15, 0.2) is 0 Å². The molecule has 142 valence electrons. The predicted octanol–water partition coefficient (Wildman–Crippen LogP) is 2.83. The summed E-state index contributed by atoms with van der Waals surface area (Å²) >= 11 is 0. The third-order valence-corrected chi connectivity index (χ3v) is 5.86. The average molecular weight is 365 g/mol. The molecule has 0 aliphatic carbocycles. The Morgan fingerprint density at radius 1 is 1.11 bits per heavy atom. The molecule has 1 amide bonds. The smallest absolute Gasteiger partial charge is 0.274 e. The highest BCUT2D eigenvalue weighted by atomic mass is 16.5. The largest absolute Gasteiger partial charge is 0.317 e. The third-order valence-electron chi connectivity index (χ3n) is 5.86. The van der Waals surface area contributed by atoms with E-state index in [0.29, 0.717) is 11.5 Å². The lowest BCUT2D eigenvalue weighted by atomic mass is 9.90. The minimum Gasteiger partial charge on any atom is -0.317 e. The van der Waals surface area contributed by atoms with Crippen LogP contribution in [0, 0.1) is 0 Å². The van der Waals surface area contributed by atoms with Crippen molar-refractivity contribution in [2.45, 2.75) is 38.3 Å². The molecule has 0 atom stereocenters. The van der Waals surface area contributed by atoms with Crippen molar-refractivity contribution in [3.63, 3.8) is 0 Å². The van der Waals surface area contributed by atoms with Crippen LogP contribution >= 0.6 is 0 Å². The van der Waals surface area contributed by atoms with Crippen LogP contribution in [-0.2, 0) is 19.5 Å². The maximum atomic E-state index is 11.6. The van der Waals surface area contributed by atoms with E-state index in [4.69, 9.17) is 5.21 Å². The molecule has 0 radical (unpaired) electrons. The zero-order valence-corrected chi connectivity index (χ0v) is 15.6. The van der Waals surface area contributed by atoms with E-state index < -0.39 is 5.91 Å². The molecule has 2 aliphatic heterocycles. The number of fused-ring (bicyclic) bond motifs is 1. The molecule has 2 heterocycles. The molecule has 5 heteroatoms. The molecule has 2 aromatic carbocycles. The summed E-state index contributed by atoms with van der Waals surface area (Å²) in [7, 11) is 0. The van der Waals surface area contributed by atoms with Gasteiger partial charge in [0.2, 0.25) is 0 Å². The Hall–Kier alpha value is -2.21. The minimum atomic E-state index is -0.450. The number of carbonyl (C=O) groups is 1. The van der Waals surface area contributed by atoms with Gasteiger partial charge in [-0.15, -0.1) is 0 Å². The average Bonchev–Trinajstić information content (AvgIpc) is 2.74. The number of hydroxylamine groups is 1. The molecular weight excluding hydrogens is 338 g/mol. The fraction of sp³-hybridized carbons (Fsp3) is 0.409. The fourth-order valence-electron chi connectivity index (χ4n) is 4.26. The quantitative estimate of drug-likeness (QED) is 0.576. The summed E-state index contributed by atoms with van der Waals surface area (Å²) in [6, 6.07) is 14.9. The number of hydrogen-bond donors (Lipinski definition) is 3. The second-order valence-corrected chi connectivity index (χ2v) is 7.65. The van der Waals surface area contributed by atoms with Gasteiger partial charge >= 0.3 is 0 Å². The fourth-order valence-corrected chi connectivity index (χ4v) is 4.26. The van der Waals surface area contributed by atoms with Gasteiger partial charge in [0.25, 0.3) is 5.91 Å². The van der Waals surface area contributed by atoms with Crippen molar-refractivity contribution in [3.05, 3.63) is 70.3 Å². The van der Waals surface area contributed by atoms with Crippen molar-refractivity contribution in [3.8, 4) is 0 Å². The molecule has 1 fully saturated rings. The van der Waals surface area contributed by atoms with Crippen LogP contribution in [0.1, 0.15) is 51.4 Å². The standard InChI is InChI=1S/C22H27N3O2/c26-22(24-27)20-5-6-21-15-25(12-9-19(21)13-20)14-16-1-3-17(4-2-16)18-7-10-23-11-8-18/h1-6,13,18,23,27H,7-12,14-15H2,(H,24,26). The molecule has 2 aliphatic rings. The topological polar surface area (TPSA) is 64.6 Å². The summed E-state index contributed by atoms with van der Waals surface area (Å²) in [5.74, 6) is 0.251. The molecule has 1 saturated heterocycles. The molecule has 5 nitrogen and oxygen atoms in total. The third kappa shape index (κ3) is 4.21. The van der Waals surface area contributed by atoms with E-state index in [9.17, 15) is 4.79 Å². The summed E-state index contributed by atoms with van der Waals surface area (Å²) in [5.41, 5.74) is 7.51. The summed E-state index contributed by atoms with van der Waals surface area (Å²) in [6.07, 6.45) is 3.39. The molecule has 0 bridgehead atoms. The first-order valence-corrected chi connectivity index (χ1v) is 9.81. The Morgan fingerprint density at radius 3 is 2.63 bits per heavy atom. The number of carbonyl (C=O) groups excluding carboxylic acids is 1. The number of benzene rings is 2.